The third-order valence-corrected chi connectivity index (χ3v) is 4.48. The lowest BCUT2D eigenvalue weighted by Crippen LogP contribution is -2.02. The molecule has 0 aliphatic rings. The van der Waals surface area contributed by atoms with Crippen molar-refractivity contribution in [2.75, 3.05) is 7.11 Å². The SMILES string of the molecule is COC(=O)c1occc1CSc1nnc(-c2ccoc2C)n1C. The molecule has 3 heterocycles. The fourth-order valence-electron chi connectivity index (χ4n) is 2.16. The van der Waals surface area contributed by atoms with Crippen LogP contribution in [0.4, 0.5) is 0 Å². The van der Waals surface area contributed by atoms with E-state index in [4.69, 9.17) is 13.6 Å². The van der Waals surface area contributed by atoms with Crippen LogP contribution in [0.25, 0.3) is 11.4 Å². The number of thioether (sulfide) groups is 1. The summed E-state index contributed by atoms with van der Waals surface area (Å²) in [5.41, 5.74) is 1.66. The third-order valence-electron chi connectivity index (χ3n) is 3.41. The molecule has 120 valence electrons. The summed E-state index contributed by atoms with van der Waals surface area (Å²) in [7, 11) is 3.21. The molecule has 0 radical (unpaired) electrons. The van der Waals surface area contributed by atoms with Gasteiger partial charge in [-0.15, -0.1) is 10.2 Å². The summed E-state index contributed by atoms with van der Waals surface area (Å²) in [6, 6.07) is 3.61. The molecule has 3 aromatic rings. The highest BCUT2D eigenvalue weighted by Gasteiger charge is 2.18. The standard InChI is InChI=1S/C15H15N3O4S/c1-9-11(5-7-21-9)13-16-17-15(18(13)2)23-8-10-4-6-22-12(10)14(19)20-3/h4-7H,8H2,1-3H3. The van der Waals surface area contributed by atoms with Gasteiger partial charge in [-0.3, -0.25) is 0 Å². The molecule has 3 rings (SSSR count). The Balaban J connectivity index is 1.78. The van der Waals surface area contributed by atoms with E-state index >= 15 is 0 Å². The number of esters is 1. The van der Waals surface area contributed by atoms with Gasteiger partial charge in [-0.25, -0.2) is 4.79 Å². The fraction of sp³-hybridized carbons (Fsp3) is 0.267. The Morgan fingerprint density at radius 2 is 2.09 bits per heavy atom. The van der Waals surface area contributed by atoms with Gasteiger partial charge in [0.15, 0.2) is 11.0 Å². The van der Waals surface area contributed by atoms with E-state index in [-0.39, 0.29) is 5.76 Å². The number of nitrogens with zero attached hydrogens (tertiary/aromatic N) is 3. The van der Waals surface area contributed by atoms with Crippen LogP contribution in [0, 0.1) is 6.92 Å². The van der Waals surface area contributed by atoms with Gasteiger partial charge in [0.25, 0.3) is 0 Å². The number of ether oxygens (including phenoxy) is 1. The third kappa shape index (κ3) is 2.89. The Morgan fingerprint density at radius 3 is 2.78 bits per heavy atom. The van der Waals surface area contributed by atoms with Gasteiger partial charge in [0.05, 0.1) is 25.2 Å². The molecule has 0 aromatic carbocycles. The highest BCUT2D eigenvalue weighted by molar-refractivity contribution is 7.98. The van der Waals surface area contributed by atoms with Crippen LogP contribution in [0.15, 0.2) is 38.6 Å². The van der Waals surface area contributed by atoms with Gasteiger partial charge < -0.3 is 18.1 Å². The highest BCUT2D eigenvalue weighted by atomic mass is 32.2. The molecule has 0 bridgehead atoms. The molecule has 0 spiro atoms. The van der Waals surface area contributed by atoms with E-state index < -0.39 is 5.97 Å². The first kappa shape index (κ1) is 15.4. The molecule has 0 saturated heterocycles. The minimum absolute atomic E-state index is 0.216. The Hall–Kier alpha value is -2.48. The number of aryl methyl sites for hydroxylation is 1. The molecule has 0 fully saturated rings. The monoisotopic (exact) mass is 333 g/mol. The quantitative estimate of drug-likeness (QED) is 0.524. The fourth-order valence-corrected chi connectivity index (χ4v) is 3.05. The zero-order valence-electron chi connectivity index (χ0n) is 12.9. The summed E-state index contributed by atoms with van der Waals surface area (Å²) in [5.74, 6) is 1.78. The molecule has 0 amide bonds. The first-order valence-corrected chi connectivity index (χ1v) is 7.81. The van der Waals surface area contributed by atoms with Crippen molar-refractivity contribution in [3.8, 4) is 11.4 Å². The Morgan fingerprint density at radius 1 is 1.30 bits per heavy atom. The van der Waals surface area contributed by atoms with Crippen molar-refractivity contribution in [2.24, 2.45) is 7.05 Å². The predicted octanol–water partition coefficient (Wildman–Crippen LogP) is 3.06. The Bertz CT molecular complexity index is 834. The van der Waals surface area contributed by atoms with Crippen LogP contribution in [0.2, 0.25) is 0 Å². The minimum atomic E-state index is -0.488. The average molecular weight is 333 g/mol. The van der Waals surface area contributed by atoms with Gasteiger partial charge in [0.2, 0.25) is 5.76 Å². The lowest BCUT2D eigenvalue weighted by Gasteiger charge is -2.03. The maximum absolute atomic E-state index is 11.6. The predicted molar refractivity (Wildman–Crippen MR) is 83.1 cm³/mol. The van der Waals surface area contributed by atoms with Gasteiger partial charge in [-0.2, -0.15) is 0 Å². The van der Waals surface area contributed by atoms with Crippen molar-refractivity contribution >= 4 is 17.7 Å². The second-order valence-electron chi connectivity index (χ2n) is 4.81. The second-order valence-corrected chi connectivity index (χ2v) is 5.75. The summed E-state index contributed by atoms with van der Waals surface area (Å²) in [5, 5.41) is 9.14. The largest absolute Gasteiger partial charge is 0.469 e. The lowest BCUT2D eigenvalue weighted by molar-refractivity contribution is 0.0564. The first-order chi connectivity index (χ1) is 11.1. The van der Waals surface area contributed by atoms with E-state index in [0.717, 1.165) is 27.9 Å². The number of hydrogen-bond acceptors (Lipinski definition) is 7. The molecule has 0 atom stereocenters. The van der Waals surface area contributed by atoms with Crippen LogP contribution in [0.1, 0.15) is 21.9 Å². The molecule has 3 aromatic heterocycles. The van der Waals surface area contributed by atoms with Crippen molar-refractivity contribution in [1.29, 1.82) is 0 Å². The van der Waals surface area contributed by atoms with Gasteiger partial charge in [0.1, 0.15) is 5.76 Å². The number of carbonyl (C=O) groups excluding carboxylic acids is 1. The number of hydrogen-bond donors (Lipinski definition) is 0. The van der Waals surface area contributed by atoms with E-state index in [0.29, 0.717) is 5.75 Å². The van der Waals surface area contributed by atoms with Crippen LogP contribution < -0.4 is 0 Å². The molecule has 7 nitrogen and oxygen atoms in total. The normalized spacial score (nSPS) is 10.9. The molecule has 0 saturated carbocycles. The topological polar surface area (TPSA) is 83.3 Å². The molecule has 23 heavy (non-hydrogen) atoms. The Kier molecular flexibility index (Phi) is 4.24. The lowest BCUT2D eigenvalue weighted by atomic mass is 10.2. The van der Waals surface area contributed by atoms with Gasteiger partial charge in [0, 0.05) is 18.4 Å². The van der Waals surface area contributed by atoms with E-state index in [1.807, 2.05) is 24.6 Å². The number of carbonyl (C=O) groups is 1. The zero-order valence-corrected chi connectivity index (χ0v) is 13.7. The Labute approximate surface area is 136 Å². The summed E-state index contributed by atoms with van der Waals surface area (Å²) < 4.78 is 17.1. The van der Waals surface area contributed by atoms with Crippen molar-refractivity contribution in [1.82, 2.24) is 14.8 Å². The summed E-state index contributed by atoms with van der Waals surface area (Å²) in [6.45, 7) is 1.88. The molecular formula is C15H15N3O4S. The van der Waals surface area contributed by atoms with Crippen molar-refractivity contribution in [3.63, 3.8) is 0 Å². The van der Waals surface area contributed by atoms with Crippen LogP contribution in [0.3, 0.4) is 0 Å². The van der Waals surface area contributed by atoms with E-state index in [1.54, 1.807) is 12.3 Å². The van der Waals surface area contributed by atoms with Crippen molar-refractivity contribution in [3.05, 3.63) is 41.7 Å². The number of methoxy groups -OCH3 is 1. The zero-order chi connectivity index (χ0) is 16.4. The van der Waals surface area contributed by atoms with Crippen LogP contribution in [0.5, 0.6) is 0 Å². The van der Waals surface area contributed by atoms with Crippen LogP contribution in [-0.4, -0.2) is 27.8 Å². The summed E-state index contributed by atoms with van der Waals surface area (Å²) in [4.78, 5) is 11.6. The van der Waals surface area contributed by atoms with Gasteiger partial charge in [-0.05, 0) is 19.1 Å². The molecule has 0 unspecified atom stereocenters. The average Bonchev–Trinajstić information content (AvgIpc) is 3.25. The highest BCUT2D eigenvalue weighted by Crippen LogP contribution is 2.28. The second kappa shape index (κ2) is 6.33. The van der Waals surface area contributed by atoms with E-state index in [2.05, 4.69) is 10.2 Å². The molecule has 0 aliphatic carbocycles. The van der Waals surface area contributed by atoms with Crippen molar-refractivity contribution in [2.45, 2.75) is 17.8 Å². The van der Waals surface area contributed by atoms with E-state index in [9.17, 15) is 4.79 Å². The molecule has 8 heteroatoms. The maximum Gasteiger partial charge on any atom is 0.374 e. The number of aromatic nitrogens is 3. The molecular weight excluding hydrogens is 318 g/mol. The summed E-state index contributed by atoms with van der Waals surface area (Å²) in [6.07, 6.45) is 3.10. The van der Waals surface area contributed by atoms with E-state index in [1.165, 1.54) is 25.1 Å². The maximum atomic E-state index is 11.6. The minimum Gasteiger partial charge on any atom is -0.469 e. The van der Waals surface area contributed by atoms with Crippen LogP contribution >= 0.6 is 11.8 Å². The first-order valence-electron chi connectivity index (χ1n) is 6.83. The van der Waals surface area contributed by atoms with Gasteiger partial charge in [-0.1, -0.05) is 11.8 Å². The number of rotatable bonds is 5. The summed E-state index contributed by atoms with van der Waals surface area (Å²) >= 11 is 1.46. The smallest absolute Gasteiger partial charge is 0.374 e. The number of furan rings is 2. The van der Waals surface area contributed by atoms with Crippen molar-refractivity contribution < 1.29 is 18.4 Å². The van der Waals surface area contributed by atoms with Crippen LogP contribution in [-0.2, 0) is 17.5 Å². The molecule has 0 aliphatic heterocycles. The van der Waals surface area contributed by atoms with Gasteiger partial charge >= 0.3 is 5.97 Å². The molecule has 0 N–H and O–H groups in total.